The predicted octanol–water partition coefficient (Wildman–Crippen LogP) is 7.38. The van der Waals surface area contributed by atoms with E-state index in [1.54, 1.807) is 12.1 Å². The third-order valence-corrected chi connectivity index (χ3v) is 6.40. The Morgan fingerprint density at radius 3 is 2.28 bits per heavy atom. The first-order valence-corrected chi connectivity index (χ1v) is 12.5. The van der Waals surface area contributed by atoms with Gasteiger partial charge in [-0.1, -0.05) is 59.1 Å². The van der Waals surface area contributed by atoms with Crippen LogP contribution >= 0.6 is 34.8 Å². The number of hydrogen-bond acceptors (Lipinski definition) is 5. The lowest BCUT2D eigenvalue weighted by Gasteiger charge is -2.13. The Labute approximate surface area is 236 Å². The number of carbonyl (C=O) groups is 1. The first-order valence-electron chi connectivity index (χ1n) is 11.4. The predicted molar refractivity (Wildman–Crippen MR) is 142 cm³/mol. The summed E-state index contributed by atoms with van der Waals surface area (Å²) in [5.74, 6) is -1.04. The van der Waals surface area contributed by atoms with E-state index in [-0.39, 0.29) is 51.6 Å². The summed E-state index contributed by atoms with van der Waals surface area (Å²) >= 11 is 18.0. The standard InChI is InChI=1S/C27H19Cl3F3N3O3/c28-19-6-4-15(5-7-19)8-9-39-26-20(13-23(35-36-26)17-11-21(29)24(37)22(30)12-17)25(38)34-14-16-2-1-3-18(10-16)27(31,32)33/h1-7,10-13,37H,8-9,14H2,(H,34,38). The van der Waals surface area contributed by atoms with Crippen molar-refractivity contribution in [3.05, 3.63) is 104 Å². The zero-order chi connectivity index (χ0) is 28.2. The molecule has 3 aromatic carbocycles. The highest BCUT2D eigenvalue weighted by molar-refractivity contribution is 6.37. The Hall–Kier alpha value is -3.53. The van der Waals surface area contributed by atoms with E-state index in [1.165, 1.54) is 30.3 Å². The van der Waals surface area contributed by atoms with Crippen molar-refractivity contribution < 1.29 is 27.8 Å². The van der Waals surface area contributed by atoms with Crippen molar-refractivity contribution in [2.24, 2.45) is 0 Å². The van der Waals surface area contributed by atoms with E-state index in [9.17, 15) is 23.1 Å². The van der Waals surface area contributed by atoms with E-state index >= 15 is 0 Å². The van der Waals surface area contributed by atoms with Crippen LogP contribution in [0.2, 0.25) is 15.1 Å². The van der Waals surface area contributed by atoms with Crippen molar-refractivity contribution in [3.63, 3.8) is 0 Å². The largest absolute Gasteiger partial charge is 0.505 e. The molecule has 0 saturated carbocycles. The zero-order valence-corrected chi connectivity index (χ0v) is 22.2. The molecule has 0 bridgehead atoms. The van der Waals surface area contributed by atoms with Gasteiger partial charge in [0.05, 0.1) is 27.9 Å². The molecule has 1 heterocycles. The fourth-order valence-corrected chi connectivity index (χ4v) is 4.17. The highest BCUT2D eigenvalue weighted by Crippen LogP contribution is 2.36. The Bertz CT molecular complexity index is 1480. The smallest absolute Gasteiger partial charge is 0.416 e. The van der Waals surface area contributed by atoms with Crippen LogP contribution in [0.15, 0.2) is 66.7 Å². The lowest BCUT2D eigenvalue weighted by atomic mass is 10.1. The van der Waals surface area contributed by atoms with Gasteiger partial charge in [-0.15, -0.1) is 10.2 Å². The number of alkyl halides is 3. The third-order valence-electron chi connectivity index (χ3n) is 5.57. The van der Waals surface area contributed by atoms with Gasteiger partial charge in [-0.2, -0.15) is 13.2 Å². The van der Waals surface area contributed by atoms with Crippen LogP contribution in [0.1, 0.15) is 27.0 Å². The summed E-state index contributed by atoms with van der Waals surface area (Å²) in [5, 5.41) is 21.1. The van der Waals surface area contributed by atoms with E-state index in [0.717, 1.165) is 17.7 Å². The van der Waals surface area contributed by atoms with Gasteiger partial charge in [-0.05, 0) is 53.6 Å². The fraction of sp³-hybridized carbons (Fsp3) is 0.148. The lowest BCUT2D eigenvalue weighted by molar-refractivity contribution is -0.137. The van der Waals surface area contributed by atoms with E-state index in [1.807, 2.05) is 12.1 Å². The number of phenols is 1. The monoisotopic (exact) mass is 595 g/mol. The van der Waals surface area contributed by atoms with Crippen molar-refractivity contribution in [1.29, 1.82) is 0 Å². The van der Waals surface area contributed by atoms with Crippen LogP contribution in [0, 0.1) is 0 Å². The average Bonchev–Trinajstić information content (AvgIpc) is 2.91. The van der Waals surface area contributed by atoms with Crippen LogP contribution in [0.3, 0.4) is 0 Å². The minimum Gasteiger partial charge on any atom is -0.505 e. The van der Waals surface area contributed by atoms with Crippen LogP contribution in [0.4, 0.5) is 13.2 Å². The molecule has 39 heavy (non-hydrogen) atoms. The minimum absolute atomic E-state index is 0.0107. The normalized spacial score (nSPS) is 11.3. The summed E-state index contributed by atoms with van der Waals surface area (Å²) in [6.45, 7) is -0.0259. The molecule has 202 valence electrons. The number of benzene rings is 3. The van der Waals surface area contributed by atoms with Crippen molar-refractivity contribution in [2.75, 3.05) is 6.61 Å². The molecular formula is C27H19Cl3F3N3O3. The molecule has 1 aromatic heterocycles. The molecule has 1 amide bonds. The highest BCUT2D eigenvalue weighted by atomic mass is 35.5. The summed E-state index contributed by atoms with van der Waals surface area (Å²) < 4.78 is 45.0. The summed E-state index contributed by atoms with van der Waals surface area (Å²) in [4.78, 5) is 13.2. The maximum Gasteiger partial charge on any atom is 0.416 e. The second kappa shape index (κ2) is 12.1. The maximum absolute atomic E-state index is 13.2. The molecule has 0 radical (unpaired) electrons. The van der Waals surface area contributed by atoms with Crippen molar-refractivity contribution >= 4 is 40.7 Å². The first-order chi connectivity index (χ1) is 18.5. The molecule has 0 spiro atoms. The fourth-order valence-electron chi connectivity index (χ4n) is 3.56. The molecule has 4 aromatic rings. The SMILES string of the molecule is O=C(NCc1cccc(C(F)(F)F)c1)c1cc(-c2cc(Cl)c(O)c(Cl)c2)nnc1OCCc1ccc(Cl)cc1. The highest BCUT2D eigenvalue weighted by Gasteiger charge is 2.30. The van der Waals surface area contributed by atoms with Crippen LogP contribution < -0.4 is 10.1 Å². The number of ether oxygens (including phenoxy) is 1. The number of phenolic OH excluding ortho intramolecular Hbond substituents is 1. The molecule has 0 fully saturated rings. The van der Waals surface area contributed by atoms with Gasteiger partial charge < -0.3 is 15.2 Å². The number of rotatable bonds is 8. The number of hydrogen-bond donors (Lipinski definition) is 2. The molecule has 0 aliphatic carbocycles. The summed E-state index contributed by atoms with van der Waals surface area (Å²) in [7, 11) is 0. The Balaban J connectivity index is 1.59. The van der Waals surface area contributed by atoms with Gasteiger partial charge in [0.25, 0.3) is 5.91 Å². The van der Waals surface area contributed by atoms with E-state index in [0.29, 0.717) is 17.0 Å². The lowest BCUT2D eigenvalue weighted by Crippen LogP contribution is -2.24. The Morgan fingerprint density at radius 2 is 1.62 bits per heavy atom. The molecule has 0 saturated heterocycles. The molecule has 0 aliphatic rings. The van der Waals surface area contributed by atoms with E-state index in [2.05, 4.69) is 15.5 Å². The van der Waals surface area contributed by atoms with Gasteiger partial charge in [0.2, 0.25) is 5.88 Å². The molecule has 0 atom stereocenters. The molecule has 0 unspecified atom stereocenters. The summed E-state index contributed by atoms with van der Waals surface area (Å²) in [6, 6.07) is 16.0. The number of nitrogens with zero attached hydrogens (tertiary/aromatic N) is 2. The van der Waals surface area contributed by atoms with Gasteiger partial charge in [0.1, 0.15) is 5.56 Å². The van der Waals surface area contributed by atoms with Crippen LogP contribution in [-0.4, -0.2) is 27.8 Å². The Morgan fingerprint density at radius 1 is 0.923 bits per heavy atom. The minimum atomic E-state index is -4.51. The number of nitrogens with one attached hydrogen (secondary N) is 1. The van der Waals surface area contributed by atoms with Gasteiger partial charge in [-0.3, -0.25) is 4.79 Å². The second-order valence-electron chi connectivity index (χ2n) is 8.34. The van der Waals surface area contributed by atoms with Crippen molar-refractivity contribution in [1.82, 2.24) is 15.5 Å². The van der Waals surface area contributed by atoms with Crippen LogP contribution in [0.5, 0.6) is 11.6 Å². The molecule has 6 nitrogen and oxygen atoms in total. The number of aromatic hydroxyl groups is 1. The first kappa shape index (κ1) is 28.5. The topological polar surface area (TPSA) is 84.3 Å². The quantitative estimate of drug-likeness (QED) is 0.222. The molecule has 0 aliphatic heterocycles. The van der Waals surface area contributed by atoms with Gasteiger partial charge in [-0.25, -0.2) is 0 Å². The number of aromatic nitrogens is 2. The maximum atomic E-state index is 13.2. The van der Waals surface area contributed by atoms with Crippen LogP contribution in [-0.2, 0) is 19.1 Å². The van der Waals surface area contributed by atoms with Crippen molar-refractivity contribution in [2.45, 2.75) is 19.1 Å². The number of carbonyl (C=O) groups excluding carboxylic acids is 1. The van der Waals surface area contributed by atoms with Gasteiger partial charge >= 0.3 is 6.18 Å². The third kappa shape index (κ3) is 7.32. The Kier molecular flexibility index (Phi) is 8.84. The molecule has 2 N–H and O–H groups in total. The van der Waals surface area contributed by atoms with E-state index < -0.39 is 17.6 Å². The zero-order valence-electron chi connectivity index (χ0n) is 19.9. The molecule has 4 rings (SSSR count). The van der Waals surface area contributed by atoms with Gasteiger partial charge in [0, 0.05) is 23.6 Å². The average molecular weight is 597 g/mol. The van der Waals surface area contributed by atoms with Gasteiger partial charge in [0.15, 0.2) is 5.75 Å². The van der Waals surface area contributed by atoms with Crippen LogP contribution in [0.25, 0.3) is 11.3 Å². The second-order valence-corrected chi connectivity index (χ2v) is 9.59. The summed E-state index contributed by atoms with van der Waals surface area (Å²) in [5.41, 5.74) is 0.927. The number of halogens is 6. The van der Waals surface area contributed by atoms with Crippen molar-refractivity contribution in [3.8, 4) is 22.9 Å². The number of amides is 1. The molecule has 12 heteroatoms. The summed E-state index contributed by atoms with van der Waals surface area (Å²) in [6.07, 6.45) is -4.03. The van der Waals surface area contributed by atoms with E-state index in [4.69, 9.17) is 39.5 Å². The molecular weight excluding hydrogens is 578 g/mol.